The molecule has 1 aliphatic heterocycles. The largest absolute Gasteiger partial charge is 0.374 e. The van der Waals surface area contributed by atoms with E-state index in [-0.39, 0.29) is 0 Å². The van der Waals surface area contributed by atoms with E-state index in [1.54, 1.807) is 0 Å². The Balaban J connectivity index is 1.32. The van der Waals surface area contributed by atoms with E-state index >= 15 is 0 Å². The fourth-order valence-electron chi connectivity index (χ4n) is 3.50. The molecule has 5 nitrogen and oxygen atoms in total. The molecule has 1 aromatic heterocycles. The van der Waals surface area contributed by atoms with E-state index in [4.69, 9.17) is 4.74 Å². The number of morpholine rings is 1. The summed E-state index contributed by atoms with van der Waals surface area (Å²) in [7, 11) is 0. The molecule has 5 heteroatoms. The molecule has 1 aliphatic carbocycles. The maximum atomic E-state index is 5.91. The molecule has 1 saturated carbocycles. The summed E-state index contributed by atoms with van der Waals surface area (Å²) in [6, 6.07) is 9.35. The first-order valence-electron chi connectivity index (χ1n) is 8.95. The lowest BCUT2D eigenvalue weighted by Gasteiger charge is -2.33. The minimum absolute atomic E-state index is 0.300. The molecule has 2 N–H and O–H groups in total. The summed E-state index contributed by atoms with van der Waals surface area (Å²) in [6.07, 6.45) is 4.96. The molecule has 0 amide bonds. The van der Waals surface area contributed by atoms with E-state index in [0.29, 0.717) is 6.10 Å². The standard InChI is InChI=1S/C19H26N4O/c1-14-3-2-4-15(9-14)19-16(11-21-22-19)10-20-12-18-13-23(7-8-24-18)17-5-6-17/h2-4,9,11,17-18,20H,5-8,10,12-13H2,1H3,(H,21,22)/t18-/m0/s1. The second kappa shape index (κ2) is 7.05. The number of aromatic nitrogens is 2. The summed E-state index contributed by atoms with van der Waals surface area (Å²) < 4.78 is 5.91. The molecule has 4 rings (SSSR count). The summed E-state index contributed by atoms with van der Waals surface area (Å²) in [5, 5.41) is 10.9. The highest BCUT2D eigenvalue weighted by Crippen LogP contribution is 2.28. The van der Waals surface area contributed by atoms with Crippen LogP contribution < -0.4 is 5.32 Å². The van der Waals surface area contributed by atoms with Crippen LogP contribution in [0.1, 0.15) is 24.0 Å². The number of hydrogen-bond acceptors (Lipinski definition) is 4. The predicted molar refractivity (Wildman–Crippen MR) is 94.8 cm³/mol. The van der Waals surface area contributed by atoms with Gasteiger partial charge in [-0.05, 0) is 25.8 Å². The second-order valence-corrected chi connectivity index (χ2v) is 6.99. The molecule has 0 bridgehead atoms. The van der Waals surface area contributed by atoms with Crippen molar-refractivity contribution in [2.75, 3.05) is 26.2 Å². The van der Waals surface area contributed by atoms with Gasteiger partial charge >= 0.3 is 0 Å². The molecule has 0 unspecified atom stereocenters. The molecule has 0 radical (unpaired) electrons. The highest BCUT2D eigenvalue weighted by atomic mass is 16.5. The van der Waals surface area contributed by atoms with Crippen LogP contribution in [0.25, 0.3) is 11.3 Å². The van der Waals surface area contributed by atoms with Crippen LogP contribution in [-0.2, 0) is 11.3 Å². The van der Waals surface area contributed by atoms with Gasteiger partial charge in [-0.25, -0.2) is 0 Å². The van der Waals surface area contributed by atoms with Crippen LogP contribution in [0, 0.1) is 6.92 Å². The third-order valence-electron chi connectivity index (χ3n) is 4.95. The summed E-state index contributed by atoms with van der Waals surface area (Å²) in [5.74, 6) is 0. The number of nitrogens with zero attached hydrogens (tertiary/aromatic N) is 2. The number of benzene rings is 1. The number of H-pyrrole nitrogens is 1. The van der Waals surface area contributed by atoms with Crippen molar-refractivity contribution in [2.24, 2.45) is 0 Å². The number of nitrogens with one attached hydrogen (secondary N) is 2. The summed E-state index contributed by atoms with van der Waals surface area (Å²) >= 11 is 0. The normalized spacial score (nSPS) is 22.0. The Morgan fingerprint density at radius 2 is 2.29 bits per heavy atom. The molecule has 1 atom stereocenters. The Bertz CT molecular complexity index is 680. The van der Waals surface area contributed by atoms with E-state index in [1.807, 2.05) is 6.20 Å². The quantitative estimate of drug-likeness (QED) is 0.855. The number of hydrogen-bond donors (Lipinski definition) is 2. The van der Waals surface area contributed by atoms with Crippen LogP contribution in [-0.4, -0.2) is 53.5 Å². The molecule has 1 saturated heterocycles. The van der Waals surface area contributed by atoms with E-state index in [9.17, 15) is 0 Å². The van der Waals surface area contributed by atoms with Crippen LogP contribution in [0.3, 0.4) is 0 Å². The van der Waals surface area contributed by atoms with E-state index in [0.717, 1.165) is 44.5 Å². The first-order chi connectivity index (χ1) is 11.8. The number of aromatic amines is 1. The molecule has 2 fully saturated rings. The zero-order chi connectivity index (χ0) is 16.4. The lowest BCUT2D eigenvalue weighted by atomic mass is 10.1. The van der Waals surface area contributed by atoms with E-state index in [2.05, 4.69) is 51.6 Å². The summed E-state index contributed by atoms with van der Waals surface area (Å²) in [6.45, 7) is 6.84. The molecule has 2 aromatic rings. The average Bonchev–Trinajstić information content (AvgIpc) is 3.34. The lowest BCUT2D eigenvalue weighted by molar-refractivity contribution is -0.0301. The van der Waals surface area contributed by atoms with Crippen molar-refractivity contribution < 1.29 is 4.74 Å². The molecule has 1 aromatic carbocycles. The molecular formula is C19H26N4O. The van der Waals surface area contributed by atoms with Crippen molar-refractivity contribution in [3.63, 3.8) is 0 Å². The fraction of sp³-hybridized carbons (Fsp3) is 0.526. The van der Waals surface area contributed by atoms with Crippen molar-refractivity contribution in [2.45, 2.75) is 38.5 Å². The smallest absolute Gasteiger partial charge is 0.0826 e. The Kier molecular flexibility index (Phi) is 4.65. The van der Waals surface area contributed by atoms with E-state index < -0.39 is 0 Å². The SMILES string of the molecule is Cc1cccc(-c2[nH]ncc2CNC[C@H]2CN(C3CC3)CCO2)c1. The number of rotatable bonds is 6. The van der Waals surface area contributed by atoms with Crippen LogP contribution >= 0.6 is 0 Å². The zero-order valence-electron chi connectivity index (χ0n) is 14.3. The minimum atomic E-state index is 0.300. The molecule has 2 aliphatic rings. The average molecular weight is 326 g/mol. The van der Waals surface area contributed by atoms with Crippen molar-refractivity contribution in [3.8, 4) is 11.3 Å². The maximum absolute atomic E-state index is 5.91. The van der Waals surface area contributed by atoms with Gasteiger partial charge in [0, 0.05) is 43.3 Å². The third-order valence-corrected chi connectivity index (χ3v) is 4.95. The number of ether oxygens (including phenoxy) is 1. The van der Waals surface area contributed by atoms with Gasteiger partial charge in [0.15, 0.2) is 0 Å². The molecular weight excluding hydrogens is 300 g/mol. The zero-order valence-corrected chi connectivity index (χ0v) is 14.3. The van der Waals surface area contributed by atoms with Crippen molar-refractivity contribution in [1.82, 2.24) is 20.4 Å². The third kappa shape index (κ3) is 3.69. The Morgan fingerprint density at radius 3 is 3.12 bits per heavy atom. The van der Waals surface area contributed by atoms with Gasteiger partial charge in [-0.3, -0.25) is 10.00 Å². The van der Waals surface area contributed by atoms with Gasteiger partial charge in [0.05, 0.1) is 24.6 Å². The monoisotopic (exact) mass is 326 g/mol. The lowest BCUT2D eigenvalue weighted by Crippen LogP contribution is -2.47. The van der Waals surface area contributed by atoms with Gasteiger partial charge in [-0.2, -0.15) is 5.10 Å². The van der Waals surface area contributed by atoms with Gasteiger partial charge in [0.25, 0.3) is 0 Å². The highest BCUT2D eigenvalue weighted by Gasteiger charge is 2.32. The van der Waals surface area contributed by atoms with Crippen molar-refractivity contribution in [1.29, 1.82) is 0 Å². The predicted octanol–water partition coefficient (Wildman–Crippen LogP) is 2.34. The maximum Gasteiger partial charge on any atom is 0.0826 e. The van der Waals surface area contributed by atoms with E-state index in [1.165, 1.54) is 29.5 Å². The molecule has 24 heavy (non-hydrogen) atoms. The van der Waals surface area contributed by atoms with Crippen LogP contribution in [0.2, 0.25) is 0 Å². The summed E-state index contributed by atoms with van der Waals surface area (Å²) in [4.78, 5) is 2.59. The topological polar surface area (TPSA) is 53.2 Å². The fourth-order valence-corrected chi connectivity index (χ4v) is 3.50. The Labute approximate surface area is 143 Å². The van der Waals surface area contributed by atoms with Gasteiger partial charge in [-0.15, -0.1) is 0 Å². The van der Waals surface area contributed by atoms with Crippen LogP contribution in [0.4, 0.5) is 0 Å². The Hall–Kier alpha value is -1.69. The van der Waals surface area contributed by atoms with Crippen LogP contribution in [0.5, 0.6) is 0 Å². The minimum Gasteiger partial charge on any atom is -0.374 e. The van der Waals surface area contributed by atoms with Gasteiger partial charge in [-0.1, -0.05) is 23.8 Å². The first kappa shape index (κ1) is 15.8. The highest BCUT2D eigenvalue weighted by molar-refractivity contribution is 5.63. The Morgan fingerprint density at radius 1 is 1.38 bits per heavy atom. The first-order valence-corrected chi connectivity index (χ1v) is 8.95. The van der Waals surface area contributed by atoms with Crippen LogP contribution in [0.15, 0.2) is 30.5 Å². The van der Waals surface area contributed by atoms with Gasteiger partial charge in [0.1, 0.15) is 0 Å². The van der Waals surface area contributed by atoms with Crippen molar-refractivity contribution in [3.05, 3.63) is 41.6 Å². The second-order valence-electron chi connectivity index (χ2n) is 6.99. The molecule has 128 valence electrons. The van der Waals surface area contributed by atoms with Crippen molar-refractivity contribution >= 4 is 0 Å². The number of aryl methyl sites for hydroxylation is 1. The van der Waals surface area contributed by atoms with Gasteiger partial charge < -0.3 is 10.1 Å². The summed E-state index contributed by atoms with van der Waals surface area (Å²) in [5.41, 5.74) is 4.76. The van der Waals surface area contributed by atoms with Gasteiger partial charge in [0.2, 0.25) is 0 Å². The molecule has 0 spiro atoms. The molecule has 2 heterocycles.